The number of thiocarbonyl (C=S) groups is 1. The Morgan fingerprint density at radius 2 is 1.62 bits per heavy atom. The Hall–Kier alpha value is -2.74. The number of hydrazine groups is 1. The third-order valence-electron chi connectivity index (χ3n) is 6.07. The number of carbonyl (C=O) groups is 3. The molecule has 2 aromatic heterocycles. The number of aryl methyl sites for hydroxylation is 1. The first-order valence-electron chi connectivity index (χ1n) is 13.9. The zero-order valence-corrected chi connectivity index (χ0v) is 29.2. The van der Waals surface area contributed by atoms with E-state index in [1.807, 2.05) is 58.1 Å². The predicted molar refractivity (Wildman–Crippen MR) is 177 cm³/mol. The second-order valence-corrected chi connectivity index (χ2v) is 13.1. The average molecular weight is 641 g/mol. The van der Waals surface area contributed by atoms with Gasteiger partial charge in [-0.25, -0.2) is 5.43 Å². The van der Waals surface area contributed by atoms with E-state index in [0.717, 1.165) is 22.1 Å². The van der Waals surface area contributed by atoms with Gasteiger partial charge in [0.1, 0.15) is 22.3 Å². The minimum Gasteiger partial charge on any atom is -0.495 e. The second kappa shape index (κ2) is 17.4. The molecule has 1 atom stereocenters. The Balaban J connectivity index is 0.000000332. The molecule has 1 saturated heterocycles. The monoisotopic (exact) mass is 640 g/mol. The first-order valence-corrected chi connectivity index (χ1v) is 16.1. The van der Waals surface area contributed by atoms with Gasteiger partial charge in [0.05, 0.1) is 12.0 Å². The third-order valence-corrected chi connectivity index (χ3v) is 8.47. The van der Waals surface area contributed by atoms with Crippen LogP contribution in [0.1, 0.15) is 79.8 Å². The maximum Gasteiger partial charge on any atom is 0.265 e. The summed E-state index contributed by atoms with van der Waals surface area (Å²) in [5, 5.41) is 14.7. The summed E-state index contributed by atoms with van der Waals surface area (Å²) >= 11 is 7.98. The van der Waals surface area contributed by atoms with Gasteiger partial charge < -0.3 is 25.6 Å². The molecule has 3 heterocycles. The van der Waals surface area contributed by atoms with Crippen LogP contribution in [0.5, 0.6) is 5.75 Å². The van der Waals surface area contributed by atoms with E-state index in [9.17, 15) is 14.4 Å². The van der Waals surface area contributed by atoms with Crippen LogP contribution in [0.25, 0.3) is 0 Å². The second-order valence-electron chi connectivity index (χ2n) is 10.9. The van der Waals surface area contributed by atoms with E-state index >= 15 is 0 Å². The standard InChI is InChI=1S/C13H20N2O3S.C9H13NOS.C7H15N3S/c1-8(2)7-9(12(16)14-3)15-13(17)11-10(18-4)5-6-19-11;1-6(2)10-9(11)8-7(3)4-5-12-8;1-5-10-6(11)9(4)8-7(10,2)3/h5-6,8-9H,7H2,1-4H3,(H,14,16)(H,15,17);4-6H,1-3H3,(H,10,11);8H,5H2,1-4H3. The van der Waals surface area contributed by atoms with E-state index in [1.165, 1.54) is 29.8 Å². The smallest absolute Gasteiger partial charge is 0.265 e. The number of nitrogens with one attached hydrogen (secondary N) is 4. The van der Waals surface area contributed by atoms with Crippen LogP contribution in [0.4, 0.5) is 0 Å². The van der Waals surface area contributed by atoms with Crippen LogP contribution in [-0.4, -0.2) is 78.2 Å². The van der Waals surface area contributed by atoms with Gasteiger partial charge in [0.15, 0.2) is 5.11 Å². The summed E-state index contributed by atoms with van der Waals surface area (Å²) in [5.74, 6) is 0.423. The first-order chi connectivity index (χ1) is 19.6. The normalized spacial score (nSPS) is 14.5. The highest BCUT2D eigenvalue weighted by atomic mass is 32.1. The summed E-state index contributed by atoms with van der Waals surface area (Å²) in [6.45, 7) is 17.2. The minimum atomic E-state index is -0.524. The molecule has 1 fully saturated rings. The summed E-state index contributed by atoms with van der Waals surface area (Å²) in [5.41, 5.74) is 4.29. The Bertz CT molecular complexity index is 1180. The van der Waals surface area contributed by atoms with E-state index in [1.54, 1.807) is 18.5 Å². The zero-order valence-electron chi connectivity index (χ0n) is 26.7. The van der Waals surface area contributed by atoms with Gasteiger partial charge in [0.25, 0.3) is 11.8 Å². The van der Waals surface area contributed by atoms with Crippen LogP contribution < -0.4 is 26.1 Å². The molecular weight excluding hydrogens is 593 g/mol. The van der Waals surface area contributed by atoms with Gasteiger partial charge in [0.2, 0.25) is 5.91 Å². The molecule has 236 valence electrons. The van der Waals surface area contributed by atoms with E-state index in [2.05, 4.69) is 47.0 Å². The lowest BCUT2D eigenvalue weighted by Crippen LogP contribution is -2.47. The Morgan fingerprint density at radius 3 is 2.02 bits per heavy atom. The van der Waals surface area contributed by atoms with Crippen molar-refractivity contribution in [3.63, 3.8) is 0 Å². The number of ether oxygens (including phenoxy) is 1. The van der Waals surface area contributed by atoms with Crippen LogP contribution in [-0.2, 0) is 4.79 Å². The summed E-state index contributed by atoms with van der Waals surface area (Å²) < 4.78 is 5.10. The van der Waals surface area contributed by atoms with E-state index in [-0.39, 0.29) is 29.4 Å². The quantitative estimate of drug-likeness (QED) is 0.294. The van der Waals surface area contributed by atoms with E-state index < -0.39 is 6.04 Å². The van der Waals surface area contributed by atoms with Gasteiger partial charge in [-0.1, -0.05) is 13.8 Å². The number of carbonyl (C=O) groups excluding carboxylic acids is 3. The molecule has 1 aliphatic rings. The van der Waals surface area contributed by atoms with Crippen molar-refractivity contribution in [1.29, 1.82) is 0 Å². The Labute approximate surface area is 264 Å². The fourth-order valence-corrected chi connectivity index (χ4v) is 6.12. The molecule has 4 N–H and O–H groups in total. The number of likely N-dealkylation sites (N-methyl/N-ethyl adjacent to an activating group) is 1. The Morgan fingerprint density at radius 1 is 1.05 bits per heavy atom. The molecule has 10 nitrogen and oxygen atoms in total. The summed E-state index contributed by atoms with van der Waals surface area (Å²) in [4.78, 5) is 38.8. The van der Waals surface area contributed by atoms with Crippen molar-refractivity contribution in [1.82, 2.24) is 31.3 Å². The van der Waals surface area contributed by atoms with Crippen molar-refractivity contribution in [3.8, 4) is 5.75 Å². The molecule has 3 rings (SSSR count). The Kier molecular flexibility index (Phi) is 15.4. The van der Waals surface area contributed by atoms with Crippen molar-refractivity contribution < 1.29 is 19.1 Å². The molecular formula is C29H48N6O4S3. The highest BCUT2D eigenvalue weighted by Crippen LogP contribution is 2.24. The lowest BCUT2D eigenvalue weighted by molar-refractivity contribution is -0.122. The maximum atomic E-state index is 12.1. The third kappa shape index (κ3) is 11.2. The largest absolute Gasteiger partial charge is 0.495 e. The number of rotatable bonds is 9. The van der Waals surface area contributed by atoms with Gasteiger partial charge in [-0.3, -0.25) is 19.4 Å². The van der Waals surface area contributed by atoms with Crippen molar-refractivity contribution in [2.45, 2.75) is 79.6 Å². The zero-order chi connectivity index (χ0) is 32.2. The van der Waals surface area contributed by atoms with Crippen LogP contribution in [0.3, 0.4) is 0 Å². The minimum absolute atomic E-state index is 0.0272. The molecule has 0 aliphatic carbocycles. The van der Waals surface area contributed by atoms with Crippen LogP contribution in [0, 0.1) is 12.8 Å². The van der Waals surface area contributed by atoms with E-state index in [0.29, 0.717) is 23.0 Å². The summed E-state index contributed by atoms with van der Waals surface area (Å²) in [6, 6.07) is 3.37. The molecule has 42 heavy (non-hydrogen) atoms. The molecule has 0 spiro atoms. The maximum absolute atomic E-state index is 12.1. The fraction of sp³-hybridized carbons (Fsp3) is 0.586. The molecule has 3 amide bonds. The molecule has 0 saturated carbocycles. The first kappa shape index (κ1) is 37.3. The van der Waals surface area contributed by atoms with Gasteiger partial charge in [-0.05, 0) is 94.6 Å². The lowest BCUT2D eigenvalue weighted by Gasteiger charge is -2.29. The molecule has 0 aromatic carbocycles. The molecule has 0 radical (unpaired) electrons. The van der Waals surface area contributed by atoms with Crippen molar-refractivity contribution >= 4 is 57.7 Å². The number of methoxy groups -OCH3 is 1. The number of hydrogen-bond donors (Lipinski definition) is 4. The van der Waals surface area contributed by atoms with Crippen molar-refractivity contribution in [3.05, 3.63) is 38.2 Å². The number of amides is 3. The number of thiophene rings is 2. The van der Waals surface area contributed by atoms with Crippen LogP contribution in [0.2, 0.25) is 0 Å². The average Bonchev–Trinajstić information content (AvgIpc) is 3.60. The van der Waals surface area contributed by atoms with Crippen LogP contribution >= 0.6 is 34.9 Å². The predicted octanol–water partition coefficient (Wildman–Crippen LogP) is 4.62. The van der Waals surface area contributed by atoms with Crippen molar-refractivity contribution in [2.24, 2.45) is 5.92 Å². The molecule has 1 aliphatic heterocycles. The van der Waals surface area contributed by atoms with Gasteiger partial charge in [-0.2, -0.15) is 0 Å². The van der Waals surface area contributed by atoms with Gasteiger partial charge in [0, 0.05) is 26.7 Å². The van der Waals surface area contributed by atoms with Gasteiger partial charge in [-0.15, -0.1) is 22.7 Å². The fourth-order valence-electron chi connectivity index (χ4n) is 4.13. The highest BCUT2D eigenvalue weighted by molar-refractivity contribution is 7.80. The SMILES string of the molecule is CCN1C(=S)N(C)NC1(C)C.CNC(=O)C(CC(C)C)NC(=O)c1sccc1OC.Cc1ccsc1C(=O)NC(C)C. The van der Waals surface area contributed by atoms with Crippen LogP contribution in [0.15, 0.2) is 22.9 Å². The molecule has 13 heteroatoms. The highest BCUT2D eigenvalue weighted by Gasteiger charge is 2.36. The number of nitrogens with zero attached hydrogens (tertiary/aromatic N) is 2. The summed E-state index contributed by atoms with van der Waals surface area (Å²) in [7, 11) is 5.02. The number of hydrogen-bond acceptors (Lipinski definition) is 8. The van der Waals surface area contributed by atoms with Gasteiger partial charge >= 0.3 is 0 Å². The van der Waals surface area contributed by atoms with E-state index in [4.69, 9.17) is 17.0 Å². The molecule has 1 unspecified atom stereocenters. The van der Waals surface area contributed by atoms with Crippen molar-refractivity contribution in [2.75, 3.05) is 27.7 Å². The summed E-state index contributed by atoms with van der Waals surface area (Å²) in [6.07, 6.45) is 0.596. The lowest BCUT2D eigenvalue weighted by atomic mass is 10.0. The molecule has 2 aromatic rings. The molecule has 0 bridgehead atoms. The topological polar surface area (TPSA) is 115 Å².